The molecule has 3 unspecified atom stereocenters. The van der Waals surface area contributed by atoms with Crippen molar-refractivity contribution in [3.8, 4) is 0 Å². The minimum Gasteiger partial charge on any atom is -0.396 e. The Morgan fingerprint density at radius 1 is 1.05 bits per heavy atom. The molecule has 2 nitrogen and oxygen atoms in total. The zero-order valence-corrected chi connectivity index (χ0v) is 13.1. The van der Waals surface area contributed by atoms with E-state index in [9.17, 15) is 0 Å². The first-order valence-electron chi connectivity index (χ1n) is 8.81. The van der Waals surface area contributed by atoms with Crippen molar-refractivity contribution in [2.75, 3.05) is 11.9 Å². The van der Waals surface area contributed by atoms with Gasteiger partial charge in [0.05, 0.1) is 0 Å². The van der Waals surface area contributed by atoms with Gasteiger partial charge in [-0.2, -0.15) is 0 Å². The van der Waals surface area contributed by atoms with E-state index in [2.05, 4.69) is 29.6 Å². The molecule has 2 fully saturated rings. The van der Waals surface area contributed by atoms with Crippen LogP contribution in [0.4, 0.5) is 5.69 Å². The van der Waals surface area contributed by atoms with E-state index < -0.39 is 0 Å². The van der Waals surface area contributed by atoms with Crippen LogP contribution in [-0.2, 0) is 6.42 Å². The second-order valence-electron chi connectivity index (χ2n) is 6.99. The Kier molecular flexibility index (Phi) is 5.18. The monoisotopic (exact) mass is 287 g/mol. The third-order valence-corrected chi connectivity index (χ3v) is 5.46. The van der Waals surface area contributed by atoms with Crippen LogP contribution in [-0.4, -0.2) is 17.8 Å². The standard InChI is InChI=1S/C19H29NO/c21-12-4-6-15-5-3-9-18(13-15)20-19-11-10-16-7-1-2-8-17(16)14-19/h3,5,9,13,16-17,19-21H,1-2,4,6-8,10-12,14H2. The largest absolute Gasteiger partial charge is 0.396 e. The number of nitrogens with one attached hydrogen (secondary N) is 1. The second-order valence-corrected chi connectivity index (χ2v) is 6.99. The van der Waals surface area contributed by atoms with Crippen molar-refractivity contribution in [2.24, 2.45) is 11.8 Å². The molecule has 2 heteroatoms. The number of aliphatic hydroxyl groups is 1. The van der Waals surface area contributed by atoms with Crippen molar-refractivity contribution in [1.82, 2.24) is 0 Å². The normalized spacial score (nSPS) is 28.9. The van der Waals surface area contributed by atoms with E-state index in [0.29, 0.717) is 6.04 Å². The highest BCUT2D eigenvalue weighted by Gasteiger charge is 2.31. The molecule has 2 aliphatic carbocycles. The second kappa shape index (κ2) is 7.31. The molecule has 0 aromatic heterocycles. The van der Waals surface area contributed by atoms with Crippen molar-refractivity contribution >= 4 is 5.69 Å². The van der Waals surface area contributed by atoms with Gasteiger partial charge < -0.3 is 10.4 Å². The summed E-state index contributed by atoms with van der Waals surface area (Å²) in [5.41, 5.74) is 2.60. The van der Waals surface area contributed by atoms with Gasteiger partial charge in [-0.25, -0.2) is 0 Å². The summed E-state index contributed by atoms with van der Waals surface area (Å²) in [6.07, 6.45) is 11.8. The fourth-order valence-corrected chi connectivity index (χ4v) is 4.34. The van der Waals surface area contributed by atoms with Gasteiger partial charge in [0.2, 0.25) is 0 Å². The lowest BCUT2D eigenvalue weighted by molar-refractivity contribution is 0.162. The molecule has 3 atom stereocenters. The average Bonchev–Trinajstić information content (AvgIpc) is 2.53. The number of aryl methyl sites for hydroxylation is 1. The molecule has 3 rings (SSSR count). The summed E-state index contributed by atoms with van der Waals surface area (Å²) in [6, 6.07) is 9.43. The third-order valence-electron chi connectivity index (χ3n) is 5.46. The summed E-state index contributed by atoms with van der Waals surface area (Å²) in [7, 11) is 0. The maximum atomic E-state index is 8.95. The number of rotatable bonds is 5. The zero-order valence-electron chi connectivity index (χ0n) is 13.1. The summed E-state index contributed by atoms with van der Waals surface area (Å²) in [4.78, 5) is 0. The topological polar surface area (TPSA) is 32.3 Å². The summed E-state index contributed by atoms with van der Waals surface area (Å²) in [5.74, 6) is 2.00. The van der Waals surface area contributed by atoms with Crippen molar-refractivity contribution < 1.29 is 5.11 Å². The number of fused-ring (bicyclic) bond motifs is 1. The smallest absolute Gasteiger partial charge is 0.0434 e. The van der Waals surface area contributed by atoms with Crippen LogP contribution in [0.5, 0.6) is 0 Å². The van der Waals surface area contributed by atoms with E-state index in [-0.39, 0.29) is 6.61 Å². The Labute approximate surface area is 129 Å². The van der Waals surface area contributed by atoms with Crippen LogP contribution in [0.15, 0.2) is 24.3 Å². The molecular formula is C19H29NO. The summed E-state index contributed by atoms with van der Waals surface area (Å²) in [5, 5.41) is 12.7. The van der Waals surface area contributed by atoms with E-state index in [1.54, 1.807) is 0 Å². The molecule has 2 aliphatic rings. The van der Waals surface area contributed by atoms with Crippen molar-refractivity contribution in [3.63, 3.8) is 0 Å². The summed E-state index contributed by atoms with van der Waals surface area (Å²) < 4.78 is 0. The highest BCUT2D eigenvalue weighted by Crippen LogP contribution is 2.41. The molecule has 0 heterocycles. The van der Waals surface area contributed by atoms with Crippen molar-refractivity contribution in [2.45, 2.75) is 63.8 Å². The van der Waals surface area contributed by atoms with Crippen LogP contribution in [0.1, 0.15) is 56.9 Å². The van der Waals surface area contributed by atoms with Crippen molar-refractivity contribution in [1.29, 1.82) is 0 Å². The third kappa shape index (κ3) is 4.00. The van der Waals surface area contributed by atoms with Crippen LogP contribution in [0.3, 0.4) is 0 Å². The maximum Gasteiger partial charge on any atom is 0.0434 e. The Hall–Kier alpha value is -1.02. The van der Waals surface area contributed by atoms with Gasteiger partial charge in [-0.15, -0.1) is 0 Å². The van der Waals surface area contributed by atoms with Gasteiger partial charge in [-0.3, -0.25) is 0 Å². The lowest BCUT2D eigenvalue weighted by Gasteiger charge is -2.39. The molecular weight excluding hydrogens is 258 g/mol. The molecule has 1 aromatic carbocycles. The summed E-state index contributed by atoms with van der Waals surface area (Å²) in [6.45, 7) is 0.281. The first kappa shape index (κ1) is 14.9. The van der Waals surface area contributed by atoms with Gasteiger partial charge in [0, 0.05) is 18.3 Å². The van der Waals surface area contributed by atoms with Crippen LogP contribution in [0, 0.1) is 11.8 Å². The first-order chi connectivity index (χ1) is 10.3. The highest BCUT2D eigenvalue weighted by molar-refractivity contribution is 5.46. The van der Waals surface area contributed by atoms with E-state index in [1.807, 2.05) is 0 Å². The fraction of sp³-hybridized carbons (Fsp3) is 0.684. The molecule has 2 N–H and O–H groups in total. The fourth-order valence-electron chi connectivity index (χ4n) is 4.34. The molecule has 0 spiro atoms. The molecule has 116 valence electrons. The predicted molar refractivity (Wildman–Crippen MR) is 88.6 cm³/mol. The quantitative estimate of drug-likeness (QED) is 0.842. The number of hydrogen-bond acceptors (Lipinski definition) is 2. The van der Waals surface area contributed by atoms with Gasteiger partial charge in [-0.05, 0) is 61.6 Å². The molecule has 0 saturated heterocycles. The molecule has 0 bridgehead atoms. The highest BCUT2D eigenvalue weighted by atomic mass is 16.2. The van der Waals surface area contributed by atoms with Gasteiger partial charge in [-0.1, -0.05) is 37.8 Å². The minimum absolute atomic E-state index is 0.281. The lowest BCUT2D eigenvalue weighted by Crippen LogP contribution is -2.34. The Morgan fingerprint density at radius 2 is 1.90 bits per heavy atom. The first-order valence-corrected chi connectivity index (χ1v) is 8.81. The van der Waals surface area contributed by atoms with Crippen molar-refractivity contribution in [3.05, 3.63) is 29.8 Å². The Morgan fingerprint density at radius 3 is 2.76 bits per heavy atom. The Bertz CT molecular complexity index is 445. The zero-order chi connectivity index (χ0) is 14.5. The molecule has 1 aromatic rings. The van der Waals surface area contributed by atoms with E-state index in [4.69, 9.17) is 5.11 Å². The molecule has 21 heavy (non-hydrogen) atoms. The maximum absolute atomic E-state index is 8.95. The molecule has 2 saturated carbocycles. The van der Waals surface area contributed by atoms with Gasteiger partial charge in [0.1, 0.15) is 0 Å². The predicted octanol–water partition coefficient (Wildman–Crippen LogP) is 4.38. The minimum atomic E-state index is 0.281. The SMILES string of the molecule is OCCCc1cccc(NC2CCC3CCCCC3C2)c1. The number of hydrogen-bond donors (Lipinski definition) is 2. The van der Waals surface area contributed by atoms with Crippen LogP contribution in [0.25, 0.3) is 0 Å². The molecule has 0 amide bonds. The van der Waals surface area contributed by atoms with E-state index in [1.165, 1.54) is 56.2 Å². The van der Waals surface area contributed by atoms with Crippen LogP contribution >= 0.6 is 0 Å². The van der Waals surface area contributed by atoms with Gasteiger partial charge >= 0.3 is 0 Å². The average molecular weight is 287 g/mol. The van der Waals surface area contributed by atoms with Gasteiger partial charge in [0.15, 0.2) is 0 Å². The molecule has 0 radical (unpaired) electrons. The van der Waals surface area contributed by atoms with Crippen LogP contribution < -0.4 is 5.32 Å². The van der Waals surface area contributed by atoms with Crippen LogP contribution in [0.2, 0.25) is 0 Å². The van der Waals surface area contributed by atoms with E-state index in [0.717, 1.165) is 24.7 Å². The molecule has 0 aliphatic heterocycles. The number of anilines is 1. The number of benzene rings is 1. The Balaban J connectivity index is 1.56. The van der Waals surface area contributed by atoms with E-state index >= 15 is 0 Å². The summed E-state index contributed by atoms with van der Waals surface area (Å²) >= 11 is 0. The van der Waals surface area contributed by atoms with Gasteiger partial charge in [0.25, 0.3) is 0 Å². The lowest BCUT2D eigenvalue weighted by atomic mass is 9.69. The number of aliphatic hydroxyl groups excluding tert-OH is 1.